The average Bonchev–Trinajstić information content (AvgIpc) is 2.87. The van der Waals surface area contributed by atoms with Gasteiger partial charge >= 0.3 is 0 Å². The van der Waals surface area contributed by atoms with E-state index in [4.69, 9.17) is 4.74 Å². The zero-order valence-electron chi connectivity index (χ0n) is 12.0. The molecule has 0 saturated heterocycles. The first-order valence-corrected chi connectivity index (χ1v) is 6.90. The Kier molecular flexibility index (Phi) is 5.18. The predicted molar refractivity (Wildman–Crippen MR) is 78.5 cm³/mol. The molecule has 0 atom stereocenters. The van der Waals surface area contributed by atoms with Gasteiger partial charge in [0.2, 0.25) is 0 Å². The van der Waals surface area contributed by atoms with Crippen molar-refractivity contribution in [3.8, 4) is 5.75 Å². The summed E-state index contributed by atoms with van der Waals surface area (Å²) in [7, 11) is 1.47. The fourth-order valence-corrected chi connectivity index (χ4v) is 2.12. The van der Waals surface area contributed by atoms with Crippen LogP contribution in [0, 0.1) is 5.82 Å². The van der Waals surface area contributed by atoms with Gasteiger partial charge in [-0.05, 0) is 42.3 Å². The first-order chi connectivity index (χ1) is 9.72. The molecule has 1 N–H and O–H groups in total. The third-order valence-corrected chi connectivity index (χ3v) is 3.15. The minimum absolute atomic E-state index is 0.283. The summed E-state index contributed by atoms with van der Waals surface area (Å²) in [5.74, 6) is -0.0345. The highest BCUT2D eigenvalue weighted by atomic mass is 19.1. The molecule has 0 aliphatic rings. The molecule has 0 aliphatic heterocycles. The average molecular weight is 276 g/mol. The maximum absolute atomic E-state index is 13.6. The lowest BCUT2D eigenvalue weighted by Crippen LogP contribution is -2.13. The Morgan fingerprint density at radius 3 is 2.80 bits per heavy atom. The molecule has 108 valence electrons. The summed E-state index contributed by atoms with van der Waals surface area (Å²) in [6.07, 6.45) is 5.24. The quantitative estimate of drug-likeness (QED) is 0.786. The number of aromatic nitrogens is 1. The molecule has 0 spiro atoms. The monoisotopic (exact) mass is 276 g/mol. The van der Waals surface area contributed by atoms with Gasteiger partial charge in [0.05, 0.1) is 7.11 Å². The van der Waals surface area contributed by atoms with Crippen LogP contribution < -0.4 is 10.1 Å². The van der Waals surface area contributed by atoms with Gasteiger partial charge in [-0.3, -0.25) is 0 Å². The van der Waals surface area contributed by atoms with Gasteiger partial charge in [0, 0.05) is 25.5 Å². The van der Waals surface area contributed by atoms with E-state index in [0.29, 0.717) is 6.54 Å². The molecule has 20 heavy (non-hydrogen) atoms. The Bertz CT molecular complexity index is 551. The van der Waals surface area contributed by atoms with Crippen molar-refractivity contribution in [2.45, 2.75) is 26.4 Å². The van der Waals surface area contributed by atoms with Crippen molar-refractivity contribution in [3.63, 3.8) is 0 Å². The number of halogens is 1. The Hall–Kier alpha value is -1.81. The van der Waals surface area contributed by atoms with Crippen LogP contribution in [0.5, 0.6) is 5.75 Å². The van der Waals surface area contributed by atoms with Crippen molar-refractivity contribution in [2.75, 3.05) is 13.7 Å². The Balaban J connectivity index is 1.97. The van der Waals surface area contributed by atoms with Crippen molar-refractivity contribution < 1.29 is 9.13 Å². The number of rotatable bonds is 7. The van der Waals surface area contributed by atoms with E-state index in [1.54, 1.807) is 6.07 Å². The SMILES string of the molecule is CCCNCc1ccn(Cc2ccc(OC)c(F)c2)c1. The molecule has 3 nitrogen and oxygen atoms in total. The molecule has 1 aromatic heterocycles. The molecule has 2 rings (SSSR count). The van der Waals surface area contributed by atoms with Crippen LogP contribution in [-0.4, -0.2) is 18.2 Å². The second-order valence-electron chi connectivity index (χ2n) is 4.84. The maximum atomic E-state index is 13.6. The maximum Gasteiger partial charge on any atom is 0.165 e. The molecule has 0 bridgehead atoms. The van der Waals surface area contributed by atoms with Crippen LogP contribution in [0.25, 0.3) is 0 Å². The van der Waals surface area contributed by atoms with E-state index in [9.17, 15) is 4.39 Å². The highest BCUT2D eigenvalue weighted by Crippen LogP contribution is 2.18. The third kappa shape index (κ3) is 3.84. The lowest BCUT2D eigenvalue weighted by atomic mass is 10.2. The van der Waals surface area contributed by atoms with Gasteiger partial charge < -0.3 is 14.6 Å². The minimum atomic E-state index is -0.318. The second kappa shape index (κ2) is 7.10. The van der Waals surface area contributed by atoms with Gasteiger partial charge in [-0.15, -0.1) is 0 Å². The van der Waals surface area contributed by atoms with Gasteiger partial charge in [-0.1, -0.05) is 13.0 Å². The molecular weight excluding hydrogens is 255 g/mol. The fraction of sp³-hybridized carbons (Fsp3) is 0.375. The molecule has 1 aromatic carbocycles. The second-order valence-corrected chi connectivity index (χ2v) is 4.84. The van der Waals surface area contributed by atoms with E-state index < -0.39 is 0 Å². The summed E-state index contributed by atoms with van der Waals surface area (Å²) in [5.41, 5.74) is 2.17. The van der Waals surface area contributed by atoms with Crippen LogP contribution in [0.2, 0.25) is 0 Å². The smallest absolute Gasteiger partial charge is 0.165 e. The molecule has 0 saturated carbocycles. The van der Waals surface area contributed by atoms with Crippen molar-refractivity contribution in [3.05, 3.63) is 53.6 Å². The lowest BCUT2D eigenvalue weighted by molar-refractivity contribution is 0.386. The van der Waals surface area contributed by atoms with Gasteiger partial charge in [-0.2, -0.15) is 0 Å². The molecule has 1 heterocycles. The minimum Gasteiger partial charge on any atom is -0.494 e. The molecule has 0 aliphatic carbocycles. The van der Waals surface area contributed by atoms with Crippen LogP contribution in [0.3, 0.4) is 0 Å². The molecule has 0 amide bonds. The van der Waals surface area contributed by atoms with E-state index in [-0.39, 0.29) is 11.6 Å². The number of benzene rings is 1. The zero-order chi connectivity index (χ0) is 14.4. The fourth-order valence-electron chi connectivity index (χ4n) is 2.12. The van der Waals surface area contributed by atoms with Crippen molar-refractivity contribution in [1.82, 2.24) is 9.88 Å². The van der Waals surface area contributed by atoms with Crippen molar-refractivity contribution >= 4 is 0 Å². The van der Waals surface area contributed by atoms with Crippen LogP contribution in [0.1, 0.15) is 24.5 Å². The number of ether oxygens (including phenoxy) is 1. The summed E-state index contributed by atoms with van der Waals surface area (Å²) < 4.78 is 20.6. The van der Waals surface area contributed by atoms with Crippen LogP contribution in [0.15, 0.2) is 36.7 Å². The summed E-state index contributed by atoms with van der Waals surface area (Å²) >= 11 is 0. The van der Waals surface area contributed by atoms with Crippen molar-refractivity contribution in [2.24, 2.45) is 0 Å². The molecule has 0 unspecified atom stereocenters. The summed E-state index contributed by atoms with van der Waals surface area (Å²) in [6.45, 7) is 4.71. The standard InChI is InChI=1S/C16H21FN2O/c1-3-7-18-10-14-6-8-19(12-14)11-13-4-5-16(20-2)15(17)9-13/h4-6,8-9,12,18H,3,7,10-11H2,1-2H3. The van der Waals surface area contributed by atoms with E-state index in [0.717, 1.165) is 25.1 Å². The highest BCUT2D eigenvalue weighted by molar-refractivity contribution is 5.29. The number of nitrogens with one attached hydrogen (secondary N) is 1. The summed E-state index contributed by atoms with van der Waals surface area (Å²) in [6, 6.07) is 7.16. The Morgan fingerprint density at radius 1 is 1.25 bits per heavy atom. The number of hydrogen-bond acceptors (Lipinski definition) is 2. The molecular formula is C16H21FN2O. The Labute approximate surface area is 119 Å². The summed E-state index contributed by atoms with van der Waals surface area (Å²) in [4.78, 5) is 0. The molecule has 4 heteroatoms. The number of hydrogen-bond donors (Lipinski definition) is 1. The number of nitrogens with zero attached hydrogens (tertiary/aromatic N) is 1. The van der Waals surface area contributed by atoms with E-state index in [2.05, 4.69) is 29.1 Å². The number of methoxy groups -OCH3 is 1. The predicted octanol–water partition coefficient (Wildman–Crippen LogP) is 3.18. The molecule has 0 radical (unpaired) electrons. The van der Waals surface area contributed by atoms with Gasteiger partial charge in [0.1, 0.15) is 0 Å². The van der Waals surface area contributed by atoms with Crippen LogP contribution in [-0.2, 0) is 13.1 Å². The zero-order valence-corrected chi connectivity index (χ0v) is 12.0. The van der Waals surface area contributed by atoms with Crippen LogP contribution >= 0.6 is 0 Å². The van der Waals surface area contributed by atoms with Gasteiger partial charge in [-0.25, -0.2) is 4.39 Å². The largest absolute Gasteiger partial charge is 0.494 e. The normalized spacial score (nSPS) is 10.8. The highest BCUT2D eigenvalue weighted by Gasteiger charge is 2.04. The van der Waals surface area contributed by atoms with E-state index >= 15 is 0 Å². The Morgan fingerprint density at radius 2 is 2.10 bits per heavy atom. The van der Waals surface area contributed by atoms with Gasteiger partial charge in [0.15, 0.2) is 11.6 Å². The topological polar surface area (TPSA) is 26.2 Å². The van der Waals surface area contributed by atoms with Crippen molar-refractivity contribution in [1.29, 1.82) is 0 Å². The van der Waals surface area contributed by atoms with E-state index in [1.165, 1.54) is 18.7 Å². The molecule has 0 fully saturated rings. The van der Waals surface area contributed by atoms with Gasteiger partial charge in [0.25, 0.3) is 0 Å². The lowest BCUT2D eigenvalue weighted by Gasteiger charge is -2.06. The first kappa shape index (κ1) is 14.6. The summed E-state index contributed by atoms with van der Waals surface area (Å²) in [5, 5.41) is 3.36. The third-order valence-electron chi connectivity index (χ3n) is 3.15. The molecule has 2 aromatic rings. The van der Waals surface area contributed by atoms with E-state index in [1.807, 2.05) is 12.3 Å². The first-order valence-electron chi connectivity index (χ1n) is 6.90. The van der Waals surface area contributed by atoms with Crippen LogP contribution in [0.4, 0.5) is 4.39 Å².